The lowest BCUT2D eigenvalue weighted by Gasteiger charge is -2.23. The number of carbonyl (C=O) groups is 1. The van der Waals surface area contributed by atoms with Gasteiger partial charge in [0, 0.05) is 12.8 Å². The summed E-state index contributed by atoms with van der Waals surface area (Å²) < 4.78 is 34.2. The Hall–Kier alpha value is -1.87. The maximum atomic E-state index is 12.6. The van der Waals surface area contributed by atoms with Gasteiger partial charge in [0.05, 0.1) is 25.9 Å². The highest BCUT2D eigenvalue weighted by Crippen LogP contribution is 2.47. The summed E-state index contributed by atoms with van der Waals surface area (Å²) in [5, 5.41) is 2.80. The predicted octanol–water partition coefficient (Wildman–Crippen LogP) is 9.04. The van der Waals surface area contributed by atoms with Crippen LogP contribution in [0.5, 0.6) is 0 Å². The van der Waals surface area contributed by atoms with Crippen LogP contribution < -0.4 is 5.32 Å². The van der Waals surface area contributed by atoms with Crippen molar-refractivity contribution in [1.82, 2.24) is 5.32 Å². The van der Waals surface area contributed by atoms with Crippen molar-refractivity contribution in [2.45, 2.75) is 142 Å². The van der Waals surface area contributed by atoms with Crippen molar-refractivity contribution in [3.8, 4) is 0 Å². The van der Waals surface area contributed by atoms with E-state index in [2.05, 4.69) is 34.4 Å². The first-order chi connectivity index (χ1) is 22.0. The smallest absolute Gasteiger partial charge is 0.412 e. The first-order valence-corrected chi connectivity index (χ1v) is 19.4. The number of hydrogen-bond donors (Lipinski definition) is 1. The summed E-state index contributed by atoms with van der Waals surface area (Å²) in [5.41, 5.74) is 0. The van der Waals surface area contributed by atoms with Crippen LogP contribution in [0.15, 0.2) is 27.1 Å². The molecule has 0 spiro atoms. The van der Waals surface area contributed by atoms with Crippen LogP contribution in [0.1, 0.15) is 130 Å². The van der Waals surface area contributed by atoms with Crippen molar-refractivity contribution >= 4 is 32.1 Å². The zero-order valence-corrected chi connectivity index (χ0v) is 29.2. The Morgan fingerprint density at radius 3 is 2.18 bits per heavy atom. The average molecular weight is 653 g/mol. The van der Waals surface area contributed by atoms with Crippen molar-refractivity contribution in [1.29, 1.82) is 0 Å². The second-order valence-electron chi connectivity index (χ2n) is 11.9. The van der Waals surface area contributed by atoms with E-state index in [9.17, 15) is 9.36 Å². The van der Waals surface area contributed by atoms with Gasteiger partial charge in [0.25, 0.3) is 0 Å². The van der Waals surface area contributed by atoms with Gasteiger partial charge in [0.1, 0.15) is 24.6 Å². The Morgan fingerprint density at radius 2 is 1.51 bits per heavy atom. The molecule has 0 aliphatic carbocycles. The molecule has 0 aromatic heterocycles. The monoisotopic (exact) mass is 652 g/mol. The van der Waals surface area contributed by atoms with Gasteiger partial charge in [0.2, 0.25) is 0 Å². The summed E-state index contributed by atoms with van der Waals surface area (Å²) in [6.45, 7) is 7.25. The lowest BCUT2D eigenvalue weighted by atomic mass is 9.97. The maximum Gasteiger partial charge on any atom is 0.412 e. The van der Waals surface area contributed by atoms with Gasteiger partial charge < -0.3 is 18.5 Å². The number of amides is 1. The van der Waals surface area contributed by atoms with E-state index in [-0.39, 0.29) is 24.3 Å². The molecule has 0 radical (unpaired) electrons. The van der Waals surface area contributed by atoms with Crippen LogP contribution in [0.4, 0.5) is 4.79 Å². The molecule has 45 heavy (non-hydrogen) atoms. The second kappa shape index (κ2) is 25.2. The number of ether oxygens (including phenoxy) is 2. The molecule has 0 saturated carbocycles. The van der Waals surface area contributed by atoms with Crippen molar-refractivity contribution in [2.75, 3.05) is 32.8 Å². The summed E-state index contributed by atoms with van der Waals surface area (Å²) in [4.78, 5) is 26.0. The largest absolute Gasteiger partial charge is 0.449 e. The number of amidine groups is 1. The molecule has 2 aliphatic heterocycles. The number of nitrogens with one attached hydrogen (secondary N) is 1. The number of nitrogens with zero attached hydrogens (tertiary/aromatic N) is 3. The van der Waals surface area contributed by atoms with E-state index in [0.29, 0.717) is 32.3 Å². The highest BCUT2D eigenvalue weighted by Gasteiger charge is 2.31. The Morgan fingerprint density at radius 1 is 0.867 bits per heavy atom. The van der Waals surface area contributed by atoms with E-state index in [1.165, 1.54) is 83.4 Å². The molecule has 3 unspecified atom stereocenters. The highest BCUT2D eigenvalue weighted by molar-refractivity contribution is 7.53. The van der Waals surface area contributed by atoms with Crippen LogP contribution >= 0.6 is 7.60 Å². The molecule has 0 aromatic carbocycles. The van der Waals surface area contributed by atoms with E-state index in [4.69, 9.17) is 23.5 Å². The zero-order chi connectivity index (χ0) is 32.4. The first-order valence-electron chi connectivity index (χ1n) is 17.7. The third-order valence-electron chi connectivity index (χ3n) is 8.04. The summed E-state index contributed by atoms with van der Waals surface area (Å²) in [6.07, 6.45) is 27.4. The van der Waals surface area contributed by atoms with E-state index in [1.807, 2.05) is 6.21 Å². The molecular weight excluding hydrogens is 591 g/mol. The standard InChI is InChI=1S/C34H61N4O6P/c1-4-7-8-9-10-11-12-13-14-15-16-17-18-19-20-21-25-42-34(39)38-33-32-31(36-28-37-33)23-22-30(27-35-32)24-26-41-29-45(40,43-5-2)44-6-3/h13-14,27-28,30-32H,4-12,15-26,29H2,1-3H3,(H,36,37,38,39)/b14-13-. The minimum absolute atomic E-state index is 0.0613. The fraction of sp³-hybridized carbons (Fsp3) is 0.824. The summed E-state index contributed by atoms with van der Waals surface area (Å²) in [7, 11) is -3.21. The second-order valence-corrected chi connectivity index (χ2v) is 13.9. The molecule has 0 saturated heterocycles. The van der Waals surface area contributed by atoms with Crippen molar-refractivity contribution in [2.24, 2.45) is 20.9 Å². The number of alkyl carbamates (subject to hydrolysis) is 1. The lowest BCUT2D eigenvalue weighted by Crippen LogP contribution is -2.45. The minimum atomic E-state index is -3.21. The fourth-order valence-electron chi connectivity index (χ4n) is 5.49. The van der Waals surface area contributed by atoms with E-state index >= 15 is 0 Å². The van der Waals surface area contributed by atoms with Gasteiger partial charge in [0.15, 0.2) is 0 Å². The van der Waals surface area contributed by atoms with Gasteiger partial charge in [-0.3, -0.25) is 19.9 Å². The van der Waals surface area contributed by atoms with Crippen LogP contribution in [0.25, 0.3) is 0 Å². The summed E-state index contributed by atoms with van der Waals surface area (Å²) in [5.74, 6) is 0.660. The third kappa shape index (κ3) is 18.2. The third-order valence-corrected chi connectivity index (χ3v) is 9.85. The molecule has 0 aromatic rings. The van der Waals surface area contributed by atoms with Gasteiger partial charge in [-0.15, -0.1) is 0 Å². The first kappa shape index (κ1) is 39.3. The molecule has 2 aliphatic rings. The van der Waals surface area contributed by atoms with E-state index < -0.39 is 13.7 Å². The summed E-state index contributed by atoms with van der Waals surface area (Å²) >= 11 is 0. The van der Waals surface area contributed by atoms with Gasteiger partial charge >= 0.3 is 13.7 Å². The average Bonchev–Trinajstić information content (AvgIpc) is 3.24. The molecular formula is C34H61N4O6P. The molecule has 1 amide bonds. The number of unbranched alkanes of at least 4 members (excludes halogenated alkanes) is 12. The summed E-state index contributed by atoms with van der Waals surface area (Å²) in [6, 6.07) is -0.415. The topological polar surface area (TPSA) is 120 Å². The lowest BCUT2D eigenvalue weighted by molar-refractivity contribution is 0.126. The number of fused-ring (bicyclic) bond motifs is 1. The SMILES string of the molecule is CCCCCCCC/C=C\CCCCCCCCOC(=O)NC1=NC=NC2CCC(CCOCP(=O)(OCC)OCC)C=NC12. The van der Waals surface area contributed by atoms with Crippen LogP contribution in [0.3, 0.4) is 0 Å². The van der Waals surface area contributed by atoms with Crippen molar-refractivity contribution < 1.29 is 27.9 Å². The minimum Gasteiger partial charge on any atom is -0.449 e. The number of aliphatic imine (C=N–C) groups is 3. The van der Waals surface area contributed by atoms with Crippen LogP contribution in [-0.4, -0.2) is 69.3 Å². The molecule has 1 N–H and O–H groups in total. The molecule has 258 valence electrons. The predicted molar refractivity (Wildman–Crippen MR) is 185 cm³/mol. The number of allylic oxidation sites excluding steroid dienone is 2. The van der Waals surface area contributed by atoms with Crippen LogP contribution in [-0.2, 0) is 23.1 Å². The van der Waals surface area contributed by atoms with Crippen molar-refractivity contribution in [3.05, 3.63) is 12.2 Å². The van der Waals surface area contributed by atoms with Gasteiger partial charge in [-0.1, -0.05) is 76.9 Å². The fourth-order valence-corrected chi connectivity index (χ4v) is 6.86. The Balaban J connectivity index is 1.54. The molecule has 10 nitrogen and oxygen atoms in total. The number of hydrogen-bond acceptors (Lipinski definition) is 9. The molecule has 2 heterocycles. The van der Waals surface area contributed by atoms with Crippen LogP contribution in [0.2, 0.25) is 0 Å². The molecule has 3 atom stereocenters. The zero-order valence-electron chi connectivity index (χ0n) is 28.3. The Labute approximate surface area is 272 Å². The quantitative estimate of drug-likeness (QED) is 0.0597. The highest BCUT2D eigenvalue weighted by atomic mass is 31.2. The maximum absolute atomic E-state index is 12.6. The molecule has 2 rings (SSSR count). The molecule has 0 bridgehead atoms. The Kier molecular flexibility index (Phi) is 22.1. The Bertz CT molecular complexity index is 947. The van der Waals surface area contributed by atoms with Gasteiger partial charge in [-0.05, 0) is 71.1 Å². The molecule has 0 fully saturated rings. The van der Waals surface area contributed by atoms with Gasteiger partial charge in [-0.2, -0.15) is 0 Å². The van der Waals surface area contributed by atoms with E-state index in [0.717, 1.165) is 32.1 Å². The van der Waals surface area contributed by atoms with Crippen LogP contribution in [0, 0.1) is 5.92 Å². The molecule has 11 heteroatoms. The normalized spacial score (nSPS) is 19.8. The number of carbonyl (C=O) groups excluding carboxylic acids is 1. The van der Waals surface area contributed by atoms with E-state index in [1.54, 1.807) is 13.8 Å². The van der Waals surface area contributed by atoms with Gasteiger partial charge in [-0.25, -0.2) is 9.79 Å². The van der Waals surface area contributed by atoms with Crippen molar-refractivity contribution in [3.63, 3.8) is 0 Å². The number of rotatable bonds is 25.